The summed E-state index contributed by atoms with van der Waals surface area (Å²) in [6.07, 6.45) is 5.25. The molecule has 0 unspecified atom stereocenters. The predicted octanol–water partition coefficient (Wildman–Crippen LogP) is 2.36. The monoisotopic (exact) mass is 290 g/mol. The molecular weight excluding hydrogens is 264 g/mol. The van der Waals surface area contributed by atoms with E-state index >= 15 is 0 Å². The highest BCUT2D eigenvalue weighted by Gasteiger charge is 2.24. The maximum Gasteiger partial charge on any atom is 0.162 e. The molecule has 2 aliphatic rings. The zero-order valence-corrected chi connectivity index (χ0v) is 12.8. The van der Waals surface area contributed by atoms with Gasteiger partial charge in [-0.25, -0.2) is 0 Å². The van der Waals surface area contributed by atoms with E-state index in [0.717, 1.165) is 31.1 Å². The van der Waals surface area contributed by atoms with Gasteiger partial charge in [-0.1, -0.05) is 12.1 Å². The Morgan fingerprint density at radius 3 is 2.67 bits per heavy atom. The van der Waals surface area contributed by atoms with Gasteiger partial charge in [0.1, 0.15) is 0 Å². The standard InChI is InChI=1S/C17H26N2O2/c1-21-16-4-2-3-14(17(16)20)12-19-9-7-15(8-10-19)18-11-13-5-6-13/h2-4,13,15,18,20H,5-12H2,1H3. The van der Waals surface area contributed by atoms with Crippen molar-refractivity contribution in [2.24, 2.45) is 5.92 Å². The molecule has 0 amide bonds. The van der Waals surface area contributed by atoms with E-state index in [1.807, 2.05) is 12.1 Å². The molecule has 1 aromatic carbocycles. The van der Waals surface area contributed by atoms with Crippen molar-refractivity contribution in [2.75, 3.05) is 26.7 Å². The van der Waals surface area contributed by atoms with Crippen LogP contribution in [0.2, 0.25) is 0 Å². The summed E-state index contributed by atoms with van der Waals surface area (Å²) in [7, 11) is 1.59. The summed E-state index contributed by atoms with van der Waals surface area (Å²) in [5.74, 6) is 1.80. The molecule has 3 rings (SSSR count). The number of likely N-dealkylation sites (tertiary alicyclic amines) is 1. The van der Waals surface area contributed by atoms with Crippen LogP contribution in [0.25, 0.3) is 0 Å². The molecule has 116 valence electrons. The van der Waals surface area contributed by atoms with Crippen LogP contribution in [0, 0.1) is 5.92 Å². The van der Waals surface area contributed by atoms with Gasteiger partial charge < -0.3 is 15.2 Å². The Labute approximate surface area is 127 Å². The summed E-state index contributed by atoms with van der Waals surface area (Å²) in [6.45, 7) is 4.21. The Morgan fingerprint density at radius 2 is 2.00 bits per heavy atom. The second-order valence-electron chi connectivity index (χ2n) is 6.37. The second-order valence-corrected chi connectivity index (χ2v) is 6.37. The number of aromatic hydroxyl groups is 1. The molecule has 4 heteroatoms. The van der Waals surface area contributed by atoms with Crippen molar-refractivity contribution >= 4 is 0 Å². The molecule has 0 bridgehead atoms. The molecule has 1 saturated heterocycles. The van der Waals surface area contributed by atoms with E-state index in [2.05, 4.69) is 10.2 Å². The number of ether oxygens (including phenoxy) is 1. The van der Waals surface area contributed by atoms with Gasteiger partial charge in [-0.05, 0) is 57.3 Å². The number of phenolic OH excluding ortho intramolecular Hbond substituents is 1. The number of para-hydroxylation sites is 1. The fourth-order valence-corrected chi connectivity index (χ4v) is 3.05. The lowest BCUT2D eigenvalue weighted by Crippen LogP contribution is -2.42. The molecule has 1 saturated carbocycles. The van der Waals surface area contributed by atoms with E-state index in [1.165, 1.54) is 32.2 Å². The van der Waals surface area contributed by atoms with Gasteiger partial charge >= 0.3 is 0 Å². The molecule has 1 aliphatic heterocycles. The maximum absolute atomic E-state index is 10.2. The SMILES string of the molecule is COc1cccc(CN2CCC(NCC3CC3)CC2)c1O. The first kappa shape index (κ1) is 14.7. The van der Waals surface area contributed by atoms with Crippen LogP contribution in [0.4, 0.5) is 0 Å². The van der Waals surface area contributed by atoms with E-state index in [9.17, 15) is 5.11 Å². The van der Waals surface area contributed by atoms with Gasteiger partial charge in [0.05, 0.1) is 7.11 Å². The minimum absolute atomic E-state index is 0.286. The number of hydrogen-bond donors (Lipinski definition) is 2. The molecule has 4 nitrogen and oxygen atoms in total. The fraction of sp³-hybridized carbons (Fsp3) is 0.647. The first-order chi connectivity index (χ1) is 10.3. The zero-order chi connectivity index (χ0) is 14.7. The molecule has 1 heterocycles. The van der Waals surface area contributed by atoms with Gasteiger partial charge in [0, 0.05) is 18.2 Å². The molecular formula is C17H26N2O2. The van der Waals surface area contributed by atoms with Crippen LogP contribution in [0.15, 0.2) is 18.2 Å². The van der Waals surface area contributed by atoms with Crippen molar-refractivity contribution in [3.05, 3.63) is 23.8 Å². The lowest BCUT2D eigenvalue weighted by atomic mass is 10.0. The number of methoxy groups -OCH3 is 1. The number of piperidine rings is 1. The zero-order valence-electron chi connectivity index (χ0n) is 12.8. The average molecular weight is 290 g/mol. The van der Waals surface area contributed by atoms with Crippen molar-refractivity contribution in [1.82, 2.24) is 10.2 Å². The van der Waals surface area contributed by atoms with Crippen LogP contribution in [0.3, 0.4) is 0 Å². The highest BCUT2D eigenvalue weighted by molar-refractivity contribution is 5.45. The molecule has 0 aromatic heterocycles. The smallest absolute Gasteiger partial charge is 0.162 e. The van der Waals surface area contributed by atoms with Gasteiger partial charge in [0.2, 0.25) is 0 Å². The van der Waals surface area contributed by atoms with Crippen LogP contribution in [-0.2, 0) is 6.54 Å². The Balaban J connectivity index is 1.48. The fourth-order valence-electron chi connectivity index (χ4n) is 3.05. The van der Waals surface area contributed by atoms with Gasteiger partial charge in [-0.2, -0.15) is 0 Å². The van der Waals surface area contributed by atoms with Crippen molar-refractivity contribution < 1.29 is 9.84 Å². The number of phenols is 1. The van der Waals surface area contributed by atoms with E-state index < -0.39 is 0 Å². The van der Waals surface area contributed by atoms with Crippen molar-refractivity contribution in [3.8, 4) is 11.5 Å². The quantitative estimate of drug-likeness (QED) is 0.844. The summed E-state index contributed by atoms with van der Waals surface area (Å²) in [4.78, 5) is 2.42. The third kappa shape index (κ3) is 3.89. The molecule has 0 radical (unpaired) electrons. The second kappa shape index (κ2) is 6.67. The van der Waals surface area contributed by atoms with E-state index in [-0.39, 0.29) is 5.75 Å². The third-order valence-corrected chi connectivity index (χ3v) is 4.68. The summed E-state index contributed by atoms with van der Waals surface area (Å²) < 4.78 is 5.17. The Morgan fingerprint density at radius 1 is 1.24 bits per heavy atom. The minimum atomic E-state index is 0.286. The number of benzene rings is 1. The molecule has 1 aliphatic carbocycles. The Hall–Kier alpha value is -1.26. The molecule has 21 heavy (non-hydrogen) atoms. The Kier molecular flexibility index (Phi) is 4.66. The molecule has 2 N–H and O–H groups in total. The van der Waals surface area contributed by atoms with E-state index in [1.54, 1.807) is 13.2 Å². The lowest BCUT2D eigenvalue weighted by Gasteiger charge is -2.32. The van der Waals surface area contributed by atoms with Crippen LogP contribution >= 0.6 is 0 Å². The number of rotatable bonds is 6. The van der Waals surface area contributed by atoms with E-state index in [0.29, 0.717) is 11.8 Å². The summed E-state index contributed by atoms with van der Waals surface area (Å²) in [5.41, 5.74) is 0.957. The molecule has 1 aromatic rings. The highest BCUT2D eigenvalue weighted by atomic mass is 16.5. The first-order valence-corrected chi connectivity index (χ1v) is 8.07. The number of hydrogen-bond acceptors (Lipinski definition) is 4. The molecule has 0 atom stereocenters. The Bertz CT molecular complexity index is 466. The normalized spacial score (nSPS) is 20.6. The van der Waals surface area contributed by atoms with Crippen LogP contribution in [0.1, 0.15) is 31.2 Å². The van der Waals surface area contributed by atoms with Crippen molar-refractivity contribution in [3.63, 3.8) is 0 Å². The summed E-state index contributed by atoms with van der Waals surface area (Å²) in [6, 6.07) is 6.40. The largest absolute Gasteiger partial charge is 0.504 e. The predicted molar refractivity (Wildman–Crippen MR) is 83.7 cm³/mol. The number of nitrogens with one attached hydrogen (secondary N) is 1. The van der Waals surface area contributed by atoms with Crippen LogP contribution < -0.4 is 10.1 Å². The van der Waals surface area contributed by atoms with Gasteiger partial charge in [0.15, 0.2) is 11.5 Å². The average Bonchev–Trinajstić information content (AvgIpc) is 3.33. The maximum atomic E-state index is 10.2. The third-order valence-electron chi connectivity index (χ3n) is 4.68. The topological polar surface area (TPSA) is 44.7 Å². The van der Waals surface area contributed by atoms with Crippen LogP contribution in [-0.4, -0.2) is 42.8 Å². The van der Waals surface area contributed by atoms with E-state index in [4.69, 9.17) is 4.74 Å². The van der Waals surface area contributed by atoms with Gasteiger partial charge in [-0.15, -0.1) is 0 Å². The van der Waals surface area contributed by atoms with Gasteiger partial charge in [0.25, 0.3) is 0 Å². The molecule has 0 spiro atoms. The van der Waals surface area contributed by atoms with Crippen LogP contribution in [0.5, 0.6) is 11.5 Å². The minimum Gasteiger partial charge on any atom is -0.504 e. The highest BCUT2D eigenvalue weighted by Crippen LogP contribution is 2.31. The van der Waals surface area contributed by atoms with Gasteiger partial charge in [-0.3, -0.25) is 4.90 Å². The summed E-state index contributed by atoms with van der Waals surface area (Å²) in [5, 5.41) is 13.9. The lowest BCUT2D eigenvalue weighted by molar-refractivity contribution is 0.188. The van der Waals surface area contributed by atoms with Crippen molar-refractivity contribution in [1.29, 1.82) is 0 Å². The summed E-state index contributed by atoms with van der Waals surface area (Å²) >= 11 is 0. The van der Waals surface area contributed by atoms with Crippen molar-refractivity contribution in [2.45, 2.75) is 38.3 Å². The first-order valence-electron chi connectivity index (χ1n) is 8.07. The number of nitrogens with zero attached hydrogens (tertiary/aromatic N) is 1. The molecule has 2 fully saturated rings.